The molecule has 0 radical (unpaired) electrons. The molecule has 2 heterocycles. The lowest BCUT2D eigenvalue weighted by molar-refractivity contribution is -0.143. The van der Waals surface area contributed by atoms with Gasteiger partial charge in [0.1, 0.15) is 5.82 Å². The van der Waals surface area contributed by atoms with Crippen molar-refractivity contribution in [2.45, 2.75) is 47.6 Å². The third-order valence-electron chi connectivity index (χ3n) is 3.08. The first kappa shape index (κ1) is 16.5. The Hall–Kier alpha value is -1.58. The second kappa shape index (κ2) is 6.73. The predicted molar refractivity (Wildman–Crippen MR) is 83.8 cm³/mol. The Balaban J connectivity index is 0.000000956. The molecule has 112 valence electrons. The van der Waals surface area contributed by atoms with Crippen molar-refractivity contribution >= 4 is 11.7 Å². The van der Waals surface area contributed by atoms with Crippen LogP contribution in [-0.2, 0) is 4.79 Å². The highest BCUT2D eigenvalue weighted by Gasteiger charge is 2.36. The number of carbonyl (C=O) groups is 1. The van der Waals surface area contributed by atoms with Crippen LogP contribution in [0.4, 0.5) is 5.82 Å². The number of hydrogen-bond donors (Lipinski definition) is 1. The Morgan fingerprint density at radius 3 is 2.45 bits per heavy atom. The Labute approximate surface area is 122 Å². The van der Waals surface area contributed by atoms with Gasteiger partial charge in [-0.25, -0.2) is 4.98 Å². The fraction of sp³-hybridized carbons (Fsp3) is 0.625. The molecule has 0 aliphatic carbocycles. The van der Waals surface area contributed by atoms with Crippen LogP contribution in [0.1, 0.15) is 40.2 Å². The number of aryl methyl sites for hydroxylation is 1. The van der Waals surface area contributed by atoms with Crippen LogP contribution in [0.3, 0.4) is 0 Å². The number of nitrogens with one attached hydrogen (secondary N) is 1. The molecule has 2 rings (SSSR count). The van der Waals surface area contributed by atoms with E-state index in [9.17, 15) is 4.79 Å². The van der Waals surface area contributed by atoms with E-state index < -0.39 is 0 Å². The third-order valence-corrected chi connectivity index (χ3v) is 3.08. The maximum absolute atomic E-state index is 12.0. The van der Waals surface area contributed by atoms with E-state index in [2.05, 4.69) is 10.3 Å². The normalized spacial score (nSPS) is 15.0. The van der Waals surface area contributed by atoms with Gasteiger partial charge >= 0.3 is 0 Å². The van der Waals surface area contributed by atoms with E-state index in [0.29, 0.717) is 6.04 Å². The fourth-order valence-corrected chi connectivity index (χ4v) is 2.03. The zero-order chi connectivity index (χ0) is 15.3. The number of amides is 1. The molecule has 0 atom stereocenters. The van der Waals surface area contributed by atoms with Crippen LogP contribution in [-0.4, -0.2) is 34.9 Å². The quantitative estimate of drug-likeness (QED) is 0.903. The Bertz CT molecular complexity index is 445. The van der Waals surface area contributed by atoms with Gasteiger partial charge < -0.3 is 10.2 Å². The van der Waals surface area contributed by atoms with Crippen molar-refractivity contribution in [1.82, 2.24) is 9.88 Å². The van der Waals surface area contributed by atoms with Crippen LogP contribution in [0.2, 0.25) is 0 Å². The smallest absolute Gasteiger partial charge is 0.228 e. The number of pyridine rings is 1. The van der Waals surface area contributed by atoms with Crippen molar-refractivity contribution in [3.8, 4) is 0 Å². The molecule has 0 spiro atoms. The van der Waals surface area contributed by atoms with Crippen LogP contribution >= 0.6 is 0 Å². The number of rotatable bonds is 2. The summed E-state index contributed by atoms with van der Waals surface area (Å²) >= 11 is 0. The van der Waals surface area contributed by atoms with Crippen molar-refractivity contribution in [2.24, 2.45) is 5.41 Å². The Morgan fingerprint density at radius 2 is 1.95 bits per heavy atom. The summed E-state index contributed by atoms with van der Waals surface area (Å²) < 4.78 is 0. The van der Waals surface area contributed by atoms with Crippen molar-refractivity contribution in [1.29, 1.82) is 0 Å². The molecule has 1 amide bonds. The van der Waals surface area contributed by atoms with Crippen molar-refractivity contribution in [2.75, 3.05) is 18.4 Å². The van der Waals surface area contributed by atoms with Gasteiger partial charge in [0.2, 0.25) is 5.91 Å². The summed E-state index contributed by atoms with van der Waals surface area (Å²) in [6.07, 6.45) is 1.80. The largest absolute Gasteiger partial charge is 0.364 e. The van der Waals surface area contributed by atoms with Crippen LogP contribution < -0.4 is 5.32 Å². The lowest BCUT2D eigenvalue weighted by atomic mass is 9.92. The minimum absolute atomic E-state index is 0.220. The van der Waals surface area contributed by atoms with Gasteiger partial charge in [-0.15, -0.1) is 0 Å². The van der Waals surface area contributed by atoms with Crippen molar-refractivity contribution in [3.63, 3.8) is 0 Å². The van der Waals surface area contributed by atoms with E-state index >= 15 is 0 Å². The SMILES string of the molecule is CC.Cc1ccnc(NC2CN(C(=O)C(C)(C)C)C2)c1. The van der Waals surface area contributed by atoms with Crippen LogP contribution in [0, 0.1) is 12.3 Å². The number of nitrogens with zero attached hydrogens (tertiary/aromatic N) is 2. The van der Waals surface area contributed by atoms with E-state index in [4.69, 9.17) is 0 Å². The molecule has 1 aliphatic heterocycles. The second-order valence-electron chi connectivity index (χ2n) is 6.02. The molecule has 0 bridgehead atoms. The van der Waals surface area contributed by atoms with E-state index in [1.165, 1.54) is 5.56 Å². The summed E-state index contributed by atoms with van der Waals surface area (Å²) in [6.45, 7) is 13.5. The highest BCUT2D eigenvalue weighted by molar-refractivity contribution is 5.82. The topological polar surface area (TPSA) is 45.2 Å². The lowest BCUT2D eigenvalue weighted by Gasteiger charge is -2.42. The van der Waals surface area contributed by atoms with Crippen LogP contribution in [0.5, 0.6) is 0 Å². The van der Waals surface area contributed by atoms with Crippen LogP contribution in [0.25, 0.3) is 0 Å². The molecule has 0 aromatic carbocycles. The van der Waals surface area contributed by atoms with Gasteiger partial charge in [-0.3, -0.25) is 4.79 Å². The summed E-state index contributed by atoms with van der Waals surface area (Å²) in [5.74, 6) is 1.11. The van der Waals surface area contributed by atoms with E-state index in [0.717, 1.165) is 18.9 Å². The molecule has 4 nitrogen and oxygen atoms in total. The van der Waals surface area contributed by atoms with Gasteiger partial charge in [-0.2, -0.15) is 0 Å². The monoisotopic (exact) mass is 277 g/mol. The molecule has 1 aromatic heterocycles. The first-order valence-corrected chi connectivity index (χ1v) is 7.35. The molecule has 1 aliphatic rings. The highest BCUT2D eigenvalue weighted by Crippen LogP contribution is 2.22. The minimum Gasteiger partial charge on any atom is -0.364 e. The summed E-state index contributed by atoms with van der Waals surface area (Å²) in [4.78, 5) is 18.1. The van der Waals surface area contributed by atoms with Gasteiger partial charge in [0.15, 0.2) is 0 Å². The first-order chi connectivity index (χ1) is 9.36. The standard InChI is InChI=1S/C14H21N3O.C2H6/c1-10-5-6-15-12(7-10)16-11-8-17(9-11)13(18)14(2,3)4;1-2/h5-7,11H,8-9H2,1-4H3,(H,15,16);1-2H3. The number of likely N-dealkylation sites (tertiary alicyclic amines) is 1. The summed E-state index contributed by atoms with van der Waals surface area (Å²) in [6, 6.07) is 4.32. The zero-order valence-electron chi connectivity index (χ0n) is 13.5. The Morgan fingerprint density at radius 1 is 1.35 bits per heavy atom. The van der Waals surface area contributed by atoms with Crippen LogP contribution in [0.15, 0.2) is 18.3 Å². The Kier molecular flexibility index (Phi) is 5.54. The van der Waals surface area contributed by atoms with Gasteiger partial charge in [-0.1, -0.05) is 34.6 Å². The van der Waals surface area contributed by atoms with Gasteiger partial charge in [0.05, 0.1) is 6.04 Å². The van der Waals surface area contributed by atoms with E-state index in [1.54, 1.807) is 6.20 Å². The molecular weight excluding hydrogens is 250 g/mol. The van der Waals surface area contributed by atoms with Gasteiger partial charge in [0.25, 0.3) is 0 Å². The fourth-order valence-electron chi connectivity index (χ4n) is 2.03. The zero-order valence-corrected chi connectivity index (χ0v) is 13.5. The second-order valence-corrected chi connectivity index (χ2v) is 6.02. The molecule has 0 unspecified atom stereocenters. The lowest BCUT2D eigenvalue weighted by Crippen LogP contribution is -2.59. The van der Waals surface area contributed by atoms with E-state index in [-0.39, 0.29) is 11.3 Å². The maximum Gasteiger partial charge on any atom is 0.228 e. The van der Waals surface area contributed by atoms with Crippen molar-refractivity contribution < 1.29 is 4.79 Å². The van der Waals surface area contributed by atoms with E-state index in [1.807, 2.05) is 58.6 Å². The number of aromatic nitrogens is 1. The number of hydrogen-bond acceptors (Lipinski definition) is 3. The summed E-state index contributed by atoms with van der Waals surface area (Å²) in [5.41, 5.74) is 0.904. The summed E-state index contributed by atoms with van der Waals surface area (Å²) in [7, 11) is 0. The maximum atomic E-state index is 12.0. The third kappa shape index (κ3) is 4.22. The summed E-state index contributed by atoms with van der Waals surface area (Å²) in [5, 5.41) is 3.35. The van der Waals surface area contributed by atoms with Crippen molar-refractivity contribution in [3.05, 3.63) is 23.9 Å². The molecule has 1 fully saturated rings. The molecular formula is C16H27N3O. The molecule has 1 N–H and O–H groups in total. The average Bonchev–Trinajstić information content (AvgIpc) is 2.34. The molecule has 1 aromatic rings. The van der Waals surface area contributed by atoms with Gasteiger partial charge in [-0.05, 0) is 24.6 Å². The molecule has 1 saturated heterocycles. The minimum atomic E-state index is -0.285. The predicted octanol–water partition coefficient (Wildman–Crippen LogP) is 3.09. The molecule has 20 heavy (non-hydrogen) atoms. The first-order valence-electron chi connectivity index (χ1n) is 7.35. The average molecular weight is 277 g/mol. The highest BCUT2D eigenvalue weighted by atomic mass is 16.2. The van der Waals surface area contributed by atoms with Gasteiger partial charge in [0, 0.05) is 24.7 Å². The number of anilines is 1. The number of carbonyl (C=O) groups excluding carboxylic acids is 1. The molecule has 4 heteroatoms. The molecule has 0 saturated carbocycles.